The van der Waals surface area contributed by atoms with Crippen molar-refractivity contribution in [2.24, 2.45) is 0 Å². The summed E-state index contributed by atoms with van der Waals surface area (Å²) in [6.07, 6.45) is 5.48. The number of unbranched alkanes of at least 4 members (excludes halogenated alkanes) is 1. The van der Waals surface area contributed by atoms with Gasteiger partial charge in [-0.1, -0.05) is 13.3 Å². The minimum Gasteiger partial charge on any atom is -0.396 e. The number of aliphatic hydroxyl groups excluding tert-OH is 1. The molecule has 4 nitrogen and oxygen atoms in total. The molecule has 0 aliphatic heterocycles. The van der Waals surface area contributed by atoms with Crippen molar-refractivity contribution >= 4 is 5.82 Å². The first-order valence-corrected chi connectivity index (χ1v) is 5.52. The van der Waals surface area contributed by atoms with Crippen LogP contribution in [-0.2, 0) is 6.42 Å². The number of nitrogens with one attached hydrogen (secondary N) is 1. The number of nitrogens with zero attached hydrogens (tertiary/aromatic N) is 2. The Hall–Kier alpha value is -1.16. The van der Waals surface area contributed by atoms with Crippen molar-refractivity contribution in [3.8, 4) is 0 Å². The molecule has 84 valence electrons. The van der Waals surface area contributed by atoms with Crippen LogP contribution >= 0.6 is 0 Å². The predicted molar refractivity (Wildman–Crippen MR) is 60.8 cm³/mol. The number of hydrogen-bond acceptors (Lipinski definition) is 4. The van der Waals surface area contributed by atoms with Gasteiger partial charge >= 0.3 is 0 Å². The summed E-state index contributed by atoms with van der Waals surface area (Å²) in [5, 5.41) is 11.8. The van der Waals surface area contributed by atoms with Gasteiger partial charge in [0.25, 0.3) is 0 Å². The van der Waals surface area contributed by atoms with Crippen molar-refractivity contribution < 1.29 is 5.11 Å². The molecule has 0 radical (unpaired) electrons. The number of aromatic nitrogens is 2. The molecule has 0 bridgehead atoms. The van der Waals surface area contributed by atoms with Crippen molar-refractivity contribution in [2.45, 2.75) is 32.6 Å². The highest BCUT2D eigenvalue weighted by Gasteiger charge is 1.97. The normalized spacial score (nSPS) is 10.3. The van der Waals surface area contributed by atoms with Crippen LogP contribution in [0.25, 0.3) is 0 Å². The summed E-state index contributed by atoms with van der Waals surface area (Å²) >= 11 is 0. The number of hydrogen-bond donors (Lipinski definition) is 2. The third-order valence-electron chi connectivity index (χ3n) is 2.12. The molecule has 0 aliphatic carbocycles. The standard InChI is InChI=1S/C11H19N3O/c1-2-5-10-8-11(14-9-13-10)12-6-3-4-7-15/h8-9,15H,2-7H2,1H3,(H,12,13,14). The van der Waals surface area contributed by atoms with Crippen molar-refractivity contribution in [1.29, 1.82) is 0 Å². The minimum atomic E-state index is 0.256. The maximum absolute atomic E-state index is 8.62. The highest BCUT2D eigenvalue weighted by atomic mass is 16.2. The lowest BCUT2D eigenvalue weighted by molar-refractivity contribution is 0.286. The Labute approximate surface area is 90.8 Å². The summed E-state index contributed by atoms with van der Waals surface area (Å²) in [7, 11) is 0. The van der Waals surface area contributed by atoms with Crippen LogP contribution in [0.3, 0.4) is 0 Å². The smallest absolute Gasteiger partial charge is 0.129 e. The quantitative estimate of drug-likeness (QED) is 0.670. The van der Waals surface area contributed by atoms with Gasteiger partial charge < -0.3 is 10.4 Å². The van der Waals surface area contributed by atoms with E-state index in [1.165, 1.54) is 0 Å². The molecule has 15 heavy (non-hydrogen) atoms. The molecule has 0 amide bonds. The Balaban J connectivity index is 2.36. The zero-order valence-corrected chi connectivity index (χ0v) is 9.24. The molecule has 1 aromatic heterocycles. The van der Waals surface area contributed by atoms with Crippen LogP contribution in [0.4, 0.5) is 5.82 Å². The summed E-state index contributed by atoms with van der Waals surface area (Å²) in [5.41, 5.74) is 1.08. The van der Waals surface area contributed by atoms with E-state index >= 15 is 0 Å². The van der Waals surface area contributed by atoms with Crippen LogP contribution in [0.15, 0.2) is 12.4 Å². The molecule has 0 aliphatic rings. The number of aryl methyl sites for hydroxylation is 1. The first kappa shape index (κ1) is 11.9. The summed E-state index contributed by atoms with van der Waals surface area (Å²) < 4.78 is 0. The Morgan fingerprint density at radius 1 is 1.33 bits per heavy atom. The Bertz CT molecular complexity index is 278. The first-order chi connectivity index (χ1) is 7.36. The second-order valence-corrected chi connectivity index (χ2v) is 3.50. The van der Waals surface area contributed by atoms with E-state index in [2.05, 4.69) is 22.2 Å². The molecular weight excluding hydrogens is 190 g/mol. The predicted octanol–water partition coefficient (Wildman–Crippen LogP) is 1.61. The van der Waals surface area contributed by atoms with Crippen LogP contribution in [0.5, 0.6) is 0 Å². The van der Waals surface area contributed by atoms with Gasteiger partial charge in [0.15, 0.2) is 0 Å². The molecular formula is C11H19N3O. The second kappa shape index (κ2) is 7.17. The average Bonchev–Trinajstić information content (AvgIpc) is 2.26. The van der Waals surface area contributed by atoms with E-state index < -0.39 is 0 Å². The summed E-state index contributed by atoms with van der Waals surface area (Å²) in [4.78, 5) is 8.32. The van der Waals surface area contributed by atoms with E-state index in [1.54, 1.807) is 6.33 Å². The SMILES string of the molecule is CCCc1cc(NCCCCO)ncn1. The summed E-state index contributed by atoms with van der Waals surface area (Å²) in [5.74, 6) is 0.881. The first-order valence-electron chi connectivity index (χ1n) is 5.52. The largest absolute Gasteiger partial charge is 0.396 e. The summed E-state index contributed by atoms with van der Waals surface area (Å²) in [6, 6.07) is 1.99. The molecule has 0 saturated heterocycles. The van der Waals surface area contributed by atoms with E-state index in [1.807, 2.05) is 6.07 Å². The molecule has 0 atom stereocenters. The van der Waals surface area contributed by atoms with Crippen molar-refractivity contribution in [3.63, 3.8) is 0 Å². The number of aliphatic hydroxyl groups is 1. The van der Waals surface area contributed by atoms with Crippen LogP contribution in [0.2, 0.25) is 0 Å². The molecule has 2 N–H and O–H groups in total. The van der Waals surface area contributed by atoms with Gasteiger partial charge in [0, 0.05) is 24.9 Å². The minimum absolute atomic E-state index is 0.256. The molecule has 0 spiro atoms. The number of anilines is 1. The Morgan fingerprint density at radius 2 is 2.20 bits per heavy atom. The van der Waals surface area contributed by atoms with Gasteiger partial charge in [-0.05, 0) is 19.3 Å². The van der Waals surface area contributed by atoms with E-state index in [0.717, 1.165) is 43.7 Å². The van der Waals surface area contributed by atoms with Gasteiger partial charge in [-0.15, -0.1) is 0 Å². The van der Waals surface area contributed by atoms with Crippen LogP contribution in [0, 0.1) is 0 Å². The van der Waals surface area contributed by atoms with Gasteiger partial charge in [0.2, 0.25) is 0 Å². The number of rotatable bonds is 7. The van der Waals surface area contributed by atoms with Crippen LogP contribution in [0.1, 0.15) is 31.9 Å². The second-order valence-electron chi connectivity index (χ2n) is 3.50. The fraction of sp³-hybridized carbons (Fsp3) is 0.636. The summed E-state index contributed by atoms with van der Waals surface area (Å²) in [6.45, 7) is 3.24. The fourth-order valence-electron chi connectivity index (χ4n) is 1.34. The molecule has 0 fully saturated rings. The van der Waals surface area contributed by atoms with Gasteiger partial charge in [0.1, 0.15) is 12.1 Å². The zero-order valence-electron chi connectivity index (χ0n) is 9.24. The van der Waals surface area contributed by atoms with Gasteiger partial charge in [-0.3, -0.25) is 0 Å². The maximum atomic E-state index is 8.62. The van der Waals surface area contributed by atoms with Crippen molar-refractivity contribution in [3.05, 3.63) is 18.1 Å². The van der Waals surface area contributed by atoms with Crippen molar-refractivity contribution in [1.82, 2.24) is 9.97 Å². The van der Waals surface area contributed by atoms with Crippen LogP contribution in [-0.4, -0.2) is 28.2 Å². The third kappa shape index (κ3) is 4.74. The van der Waals surface area contributed by atoms with E-state index in [9.17, 15) is 0 Å². The fourth-order valence-corrected chi connectivity index (χ4v) is 1.34. The lowest BCUT2D eigenvalue weighted by Gasteiger charge is -2.05. The van der Waals surface area contributed by atoms with Gasteiger partial charge in [-0.25, -0.2) is 9.97 Å². The monoisotopic (exact) mass is 209 g/mol. The highest BCUT2D eigenvalue weighted by molar-refractivity contribution is 5.34. The van der Waals surface area contributed by atoms with Crippen molar-refractivity contribution in [2.75, 3.05) is 18.5 Å². The highest BCUT2D eigenvalue weighted by Crippen LogP contribution is 2.05. The maximum Gasteiger partial charge on any atom is 0.129 e. The Morgan fingerprint density at radius 3 is 2.93 bits per heavy atom. The van der Waals surface area contributed by atoms with E-state index in [0.29, 0.717) is 0 Å². The molecule has 4 heteroatoms. The molecule has 0 saturated carbocycles. The molecule has 1 heterocycles. The molecule has 1 rings (SSSR count). The average molecular weight is 209 g/mol. The Kier molecular flexibility index (Phi) is 5.70. The van der Waals surface area contributed by atoms with Gasteiger partial charge in [-0.2, -0.15) is 0 Å². The van der Waals surface area contributed by atoms with Crippen LogP contribution < -0.4 is 5.32 Å². The topological polar surface area (TPSA) is 58.0 Å². The molecule has 0 unspecified atom stereocenters. The molecule has 1 aromatic rings. The zero-order chi connectivity index (χ0) is 10.9. The molecule has 0 aromatic carbocycles. The van der Waals surface area contributed by atoms with Gasteiger partial charge in [0.05, 0.1) is 0 Å². The lowest BCUT2D eigenvalue weighted by Crippen LogP contribution is -2.05. The van der Waals surface area contributed by atoms with E-state index in [-0.39, 0.29) is 6.61 Å². The van der Waals surface area contributed by atoms with E-state index in [4.69, 9.17) is 5.11 Å². The third-order valence-corrected chi connectivity index (χ3v) is 2.12. The lowest BCUT2D eigenvalue weighted by atomic mass is 10.2.